The minimum absolute atomic E-state index is 0.0298. The number of benzene rings is 1. The Hall–Kier alpha value is -0.600. The van der Waals surface area contributed by atoms with E-state index in [9.17, 15) is 0 Å². The number of hydrogen-bond donors (Lipinski definition) is 0. The average Bonchev–Trinajstić information content (AvgIpc) is 3.21. The molecule has 2 aliphatic carbocycles. The second-order valence-corrected chi connectivity index (χ2v) is 5.96. The third-order valence-electron chi connectivity index (χ3n) is 3.71. The molecule has 90 valence electrons. The SMILES string of the molecule is C=CCOC1(c2cc(C3CC3)ccc2Br)CC1. The molecule has 0 saturated heterocycles. The summed E-state index contributed by atoms with van der Waals surface area (Å²) in [7, 11) is 0. The lowest BCUT2D eigenvalue weighted by Gasteiger charge is -2.18. The van der Waals surface area contributed by atoms with E-state index in [4.69, 9.17) is 4.74 Å². The summed E-state index contributed by atoms with van der Waals surface area (Å²) in [5.41, 5.74) is 2.79. The molecule has 2 heteroatoms. The lowest BCUT2D eigenvalue weighted by molar-refractivity contribution is 0.0502. The van der Waals surface area contributed by atoms with Gasteiger partial charge in [0.1, 0.15) is 0 Å². The highest BCUT2D eigenvalue weighted by Gasteiger charge is 2.47. The Morgan fingerprint density at radius 2 is 2.18 bits per heavy atom. The standard InChI is InChI=1S/C15H17BrO/c1-2-9-17-15(7-8-15)13-10-12(11-3-4-11)5-6-14(13)16/h2,5-6,10-11H,1,3-4,7-9H2. The van der Waals surface area contributed by atoms with E-state index < -0.39 is 0 Å². The Morgan fingerprint density at radius 1 is 1.41 bits per heavy atom. The lowest BCUT2D eigenvalue weighted by Crippen LogP contribution is -2.13. The van der Waals surface area contributed by atoms with Gasteiger partial charge in [-0.2, -0.15) is 0 Å². The van der Waals surface area contributed by atoms with Crippen molar-refractivity contribution in [1.82, 2.24) is 0 Å². The summed E-state index contributed by atoms with van der Waals surface area (Å²) in [4.78, 5) is 0. The van der Waals surface area contributed by atoms with Gasteiger partial charge in [0, 0.05) is 4.47 Å². The van der Waals surface area contributed by atoms with Gasteiger partial charge in [-0.05, 0) is 48.8 Å². The molecule has 3 rings (SSSR count). The van der Waals surface area contributed by atoms with E-state index in [0.29, 0.717) is 6.61 Å². The number of halogens is 1. The Balaban J connectivity index is 1.90. The fourth-order valence-corrected chi connectivity index (χ4v) is 2.99. The molecule has 1 aromatic carbocycles. The Kier molecular flexibility index (Phi) is 2.87. The zero-order valence-corrected chi connectivity index (χ0v) is 11.5. The molecule has 1 nitrogen and oxygen atoms in total. The van der Waals surface area contributed by atoms with Crippen molar-refractivity contribution in [1.29, 1.82) is 0 Å². The van der Waals surface area contributed by atoms with Gasteiger partial charge in [-0.1, -0.05) is 34.1 Å². The monoisotopic (exact) mass is 292 g/mol. The van der Waals surface area contributed by atoms with Gasteiger partial charge in [-0.25, -0.2) is 0 Å². The van der Waals surface area contributed by atoms with Crippen molar-refractivity contribution in [2.24, 2.45) is 0 Å². The second kappa shape index (κ2) is 4.25. The molecule has 0 aromatic heterocycles. The van der Waals surface area contributed by atoms with E-state index in [0.717, 1.165) is 18.8 Å². The summed E-state index contributed by atoms with van der Waals surface area (Å²) in [6.45, 7) is 4.37. The Morgan fingerprint density at radius 3 is 2.76 bits per heavy atom. The third-order valence-corrected chi connectivity index (χ3v) is 4.40. The summed E-state index contributed by atoms with van der Waals surface area (Å²) >= 11 is 3.66. The normalized spacial score (nSPS) is 21.2. The van der Waals surface area contributed by atoms with Gasteiger partial charge in [-0.3, -0.25) is 0 Å². The maximum atomic E-state index is 5.96. The number of ether oxygens (including phenoxy) is 1. The van der Waals surface area contributed by atoms with E-state index in [1.165, 1.54) is 28.4 Å². The molecule has 0 radical (unpaired) electrons. The van der Waals surface area contributed by atoms with Gasteiger partial charge < -0.3 is 4.74 Å². The first-order chi connectivity index (χ1) is 8.25. The largest absolute Gasteiger partial charge is 0.366 e. The van der Waals surface area contributed by atoms with Crippen LogP contribution in [0.3, 0.4) is 0 Å². The first-order valence-corrected chi connectivity index (χ1v) is 7.09. The molecule has 2 fully saturated rings. The van der Waals surface area contributed by atoms with Crippen LogP contribution < -0.4 is 0 Å². The third kappa shape index (κ3) is 2.21. The van der Waals surface area contributed by atoms with Crippen molar-refractivity contribution in [3.05, 3.63) is 46.5 Å². The average molecular weight is 293 g/mol. The highest BCUT2D eigenvalue weighted by molar-refractivity contribution is 9.10. The zero-order valence-electron chi connectivity index (χ0n) is 9.92. The highest BCUT2D eigenvalue weighted by Crippen LogP contribution is 2.53. The maximum absolute atomic E-state index is 5.96. The predicted molar refractivity (Wildman–Crippen MR) is 73.2 cm³/mol. The van der Waals surface area contributed by atoms with Crippen LogP contribution in [-0.2, 0) is 10.3 Å². The van der Waals surface area contributed by atoms with Crippen LogP contribution in [0.15, 0.2) is 35.3 Å². The fraction of sp³-hybridized carbons (Fsp3) is 0.467. The van der Waals surface area contributed by atoms with Crippen LogP contribution in [0.1, 0.15) is 42.7 Å². The van der Waals surface area contributed by atoms with Crippen LogP contribution in [0.2, 0.25) is 0 Å². The molecular weight excluding hydrogens is 276 g/mol. The van der Waals surface area contributed by atoms with E-state index in [1.807, 2.05) is 6.08 Å². The van der Waals surface area contributed by atoms with Crippen LogP contribution in [0.4, 0.5) is 0 Å². The Bertz CT molecular complexity index is 444. The van der Waals surface area contributed by atoms with Gasteiger partial charge in [0.05, 0.1) is 12.2 Å². The molecule has 0 N–H and O–H groups in total. The second-order valence-electron chi connectivity index (χ2n) is 5.11. The molecule has 2 saturated carbocycles. The minimum Gasteiger partial charge on any atom is -0.366 e. The quantitative estimate of drug-likeness (QED) is 0.725. The van der Waals surface area contributed by atoms with Crippen LogP contribution >= 0.6 is 15.9 Å². The molecular formula is C15H17BrO. The van der Waals surface area contributed by atoms with E-state index in [2.05, 4.69) is 40.7 Å². The number of rotatable bonds is 5. The molecule has 0 amide bonds. The van der Waals surface area contributed by atoms with E-state index >= 15 is 0 Å². The topological polar surface area (TPSA) is 9.23 Å². The van der Waals surface area contributed by atoms with Crippen LogP contribution in [0.5, 0.6) is 0 Å². The summed E-state index contributed by atoms with van der Waals surface area (Å²) < 4.78 is 7.15. The lowest BCUT2D eigenvalue weighted by atomic mass is 10.0. The summed E-state index contributed by atoms with van der Waals surface area (Å²) in [5.74, 6) is 0.803. The van der Waals surface area contributed by atoms with Gasteiger partial charge >= 0.3 is 0 Å². The van der Waals surface area contributed by atoms with Crippen LogP contribution in [-0.4, -0.2) is 6.61 Å². The summed E-state index contributed by atoms with van der Waals surface area (Å²) in [6, 6.07) is 6.77. The Labute approximate surface area is 111 Å². The molecule has 0 unspecified atom stereocenters. The molecule has 0 spiro atoms. The zero-order chi connectivity index (χ0) is 11.9. The van der Waals surface area contributed by atoms with E-state index in [-0.39, 0.29) is 5.60 Å². The minimum atomic E-state index is -0.0298. The highest BCUT2D eigenvalue weighted by atomic mass is 79.9. The van der Waals surface area contributed by atoms with Crippen molar-refractivity contribution < 1.29 is 4.74 Å². The van der Waals surface area contributed by atoms with Gasteiger partial charge in [0.25, 0.3) is 0 Å². The predicted octanol–water partition coefficient (Wildman–Crippen LogP) is 4.52. The van der Waals surface area contributed by atoms with Crippen molar-refractivity contribution >= 4 is 15.9 Å². The molecule has 0 bridgehead atoms. The molecule has 0 atom stereocenters. The van der Waals surface area contributed by atoms with Crippen molar-refractivity contribution in [2.45, 2.75) is 37.2 Å². The van der Waals surface area contributed by atoms with Crippen LogP contribution in [0, 0.1) is 0 Å². The molecule has 1 aromatic rings. The van der Waals surface area contributed by atoms with Gasteiger partial charge in [-0.15, -0.1) is 6.58 Å². The van der Waals surface area contributed by atoms with Crippen LogP contribution in [0.25, 0.3) is 0 Å². The molecule has 0 aliphatic heterocycles. The van der Waals surface area contributed by atoms with E-state index in [1.54, 1.807) is 0 Å². The van der Waals surface area contributed by atoms with Crippen molar-refractivity contribution in [3.63, 3.8) is 0 Å². The summed E-state index contributed by atoms with van der Waals surface area (Å²) in [6.07, 6.45) is 6.79. The van der Waals surface area contributed by atoms with Gasteiger partial charge in [0.2, 0.25) is 0 Å². The smallest absolute Gasteiger partial charge is 0.0948 e. The molecule has 2 aliphatic rings. The van der Waals surface area contributed by atoms with Crippen molar-refractivity contribution in [2.75, 3.05) is 6.61 Å². The first kappa shape index (κ1) is 11.5. The van der Waals surface area contributed by atoms with Gasteiger partial charge in [0.15, 0.2) is 0 Å². The number of hydrogen-bond acceptors (Lipinski definition) is 1. The fourth-order valence-electron chi connectivity index (χ4n) is 2.39. The molecule has 0 heterocycles. The van der Waals surface area contributed by atoms with Crippen molar-refractivity contribution in [3.8, 4) is 0 Å². The maximum Gasteiger partial charge on any atom is 0.0948 e. The summed E-state index contributed by atoms with van der Waals surface area (Å²) in [5, 5.41) is 0. The molecule has 17 heavy (non-hydrogen) atoms. The first-order valence-electron chi connectivity index (χ1n) is 6.30.